The number of hydrogen-bond acceptors (Lipinski definition) is 6. The van der Waals surface area contributed by atoms with Crippen LogP contribution in [0.15, 0.2) is 115 Å². The van der Waals surface area contributed by atoms with E-state index in [4.69, 9.17) is 18.9 Å². The molecule has 61 heavy (non-hydrogen) atoms. The monoisotopic (exact) mass is 937 g/mol. The molecule has 8 aromatic rings. The number of carbonyl (C=O) groups excluding carboxylic acids is 2. The van der Waals surface area contributed by atoms with Crippen molar-refractivity contribution in [1.82, 2.24) is 14.5 Å². The van der Waals surface area contributed by atoms with Gasteiger partial charge in [0.1, 0.15) is 18.3 Å². The third-order valence-corrected chi connectivity index (χ3v) is 13.1. The van der Waals surface area contributed by atoms with Crippen LogP contribution in [0.2, 0.25) is 0 Å². The Labute approximate surface area is 357 Å². The predicted molar refractivity (Wildman–Crippen MR) is 226 cm³/mol. The first kappa shape index (κ1) is 38.3. The van der Waals surface area contributed by atoms with Gasteiger partial charge >= 0.3 is 0 Å². The van der Waals surface area contributed by atoms with E-state index in [0.29, 0.717) is 0 Å². The minimum absolute atomic E-state index is 0.0656. The highest BCUT2D eigenvalue weighted by atomic mass is 127. The topological polar surface area (TPSA) is 93.0 Å². The molecule has 0 saturated carbocycles. The number of hydrogen-bond donors (Lipinski definition) is 1. The molecule has 14 heteroatoms. The molecule has 3 aliphatic heterocycles. The molecule has 2 aromatic heterocycles. The van der Waals surface area contributed by atoms with Crippen molar-refractivity contribution in [2.45, 2.75) is 50.1 Å². The van der Waals surface area contributed by atoms with Crippen molar-refractivity contribution in [2.24, 2.45) is 0 Å². The normalized spacial score (nSPS) is 21.9. The zero-order valence-corrected chi connectivity index (χ0v) is 34.0. The highest BCUT2D eigenvalue weighted by Crippen LogP contribution is 2.56. The van der Waals surface area contributed by atoms with Crippen LogP contribution in [0.5, 0.6) is 0 Å². The molecule has 0 aliphatic carbocycles. The van der Waals surface area contributed by atoms with E-state index in [1.165, 1.54) is 0 Å². The smallest absolute Gasteiger partial charge is 0.259 e. The second-order valence-electron chi connectivity index (χ2n) is 15.5. The van der Waals surface area contributed by atoms with Crippen molar-refractivity contribution in [3.8, 4) is 0 Å². The van der Waals surface area contributed by atoms with Crippen LogP contribution in [0.25, 0.3) is 43.6 Å². The maximum Gasteiger partial charge on any atom is 0.259 e. The average Bonchev–Trinajstić information content (AvgIpc) is 3.85. The second kappa shape index (κ2) is 14.5. The van der Waals surface area contributed by atoms with Gasteiger partial charge in [-0.3, -0.25) is 14.9 Å². The van der Waals surface area contributed by atoms with Crippen molar-refractivity contribution in [1.29, 1.82) is 0 Å². The summed E-state index contributed by atoms with van der Waals surface area (Å²) >= 11 is 2.17. The number of benzene rings is 6. The van der Waals surface area contributed by atoms with Crippen LogP contribution in [0, 0.1) is 23.3 Å². The van der Waals surface area contributed by atoms with E-state index in [2.05, 4.69) is 27.9 Å². The van der Waals surface area contributed by atoms with Gasteiger partial charge in [-0.1, -0.05) is 114 Å². The summed E-state index contributed by atoms with van der Waals surface area (Å²) in [6.07, 6.45) is -4.37. The van der Waals surface area contributed by atoms with Crippen molar-refractivity contribution >= 4 is 78.0 Å². The molecule has 6 aromatic carbocycles. The van der Waals surface area contributed by atoms with E-state index < -0.39 is 65.3 Å². The SMILES string of the molecule is O=C1NC(=O)c2c1c1c3cc(F)c(F)cc3n3c1c1c2c2cc(F)c(F)cc2n1[C@@]1(CI)O[C@@H]3[C@H](OCc2ccccc2)[C@@H](OCc2ccccc2)[C@@H]1OCc1ccccc1. The standard InChI is InChI=1S/C47H32F4IN3O6/c48-29-16-27-33(18-31(29)50)54-39-35(27)37-38(45(57)53-44(37)56)36-28-17-30(49)32(51)19-34(28)55(40(36)39)47(23-52)43(60-22-26-14-8-3-9-15-26)41(58-20-24-10-4-1-5-11-24)42(46(54)61-47)59-21-25-12-6-2-7-13-25/h1-19,41-43,46H,20-23H2,(H,53,56,57)/t41-,42-,43+,46-,47+/m1/s1. The molecule has 0 unspecified atom stereocenters. The number of carbonyl (C=O) groups is 2. The fourth-order valence-electron chi connectivity index (χ4n) is 9.50. The lowest BCUT2D eigenvalue weighted by Gasteiger charge is -2.52. The van der Waals surface area contributed by atoms with E-state index in [1.807, 2.05) is 91.0 Å². The Balaban J connectivity index is 1.29. The van der Waals surface area contributed by atoms with Gasteiger partial charge in [0, 0.05) is 33.7 Å². The summed E-state index contributed by atoms with van der Waals surface area (Å²) in [5, 5.41) is 2.87. The van der Waals surface area contributed by atoms with Crippen LogP contribution in [0.1, 0.15) is 43.6 Å². The van der Waals surface area contributed by atoms with E-state index >= 15 is 17.6 Å². The van der Waals surface area contributed by atoms with Crippen LogP contribution in [0.4, 0.5) is 17.6 Å². The Morgan fingerprint density at radius 2 is 1.07 bits per heavy atom. The largest absolute Gasteiger partial charge is 0.368 e. The van der Waals surface area contributed by atoms with Crippen molar-refractivity contribution in [3.63, 3.8) is 0 Å². The molecule has 5 atom stereocenters. The number of alkyl halides is 1. The summed E-state index contributed by atoms with van der Waals surface area (Å²) in [6.45, 7) is 0.224. The first-order chi connectivity index (χ1) is 29.7. The summed E-state index contributed by atoms with van der Waals surface area (Å²) in [4.78, 5) is 28.0. The first-order valence-electron chi connectivity index (χ1n) is 19.6. The maximum atomic E-state index is 15.8. The fraction of sp³-hybridized carbons (Fsp3) is 0.191. The van der Waals surface area contributed by atoms with Gasteiger partial charge in [-0.05, 0) is 28.8 Å². The molecule has 2 amide bonds. The summed E-state index contributed by atoms with van der Waals surface area (Å²) in [7, 11) is 0. The van der Waals surface area contributed by atoms with Crippen molar-refractivity contribution in [2.75, 3.05) is 4.43 Å². The maximum absolute atomic E-state index is 15.8. The van der Waals surface area contributed by atoms with Gasteiger partial charge in [-0.25, -0.2) is 17.6 Å². The quantitative estimate of drug-likeness (QED) is 0.0636. The predicted octanol–water partition coefficient (Wildman–Crippen LogP) is 9.73. The minimum Gasteiger partial charge on any atom is -0.368 e. The number of nitrogens with zero attached hydrogens (tertiary/aromatic N) is 2. The Bertz CT molecular complexity index is 3110. The first-order valence-corrected chi connectivity index (χ1v) is 21.1. The molecule has 3 aliphatic rings. The number of nitrogens with one attached hydrogen (secondary N) is 1. The highest BCUT2D eigenvalue weighted by Gasteiger charge is 2.61. The Morgan fingerprint density at radius 1 is 0.607 bits per heavy atom. The van der Waals surface area contributed by atoms with E-state index in [-0.39, 0.29) is 79.0 Å². The Morgan fingerprint density at radius 3 is 1.61 bits per heavy atom. The third kappa shape index (κ3) is 5.72. The van der Waals surface area contributed by atoms with Crippen LogP contribution in [-0.4, -0.2) is 43.7 Å². The molecule has 0 radical (unpaired) electrons. The van der Waals surface area contributed by atoms with Crippen molar-refractivity contribution in [3.05, 3.63) is 166 Å². The van der Waals surface area contributed by atoms with Gasteiger partial charge in [-0.15, -0.1) is 0 Å². The fourth-order valence-corrected chi connectivity index (χ4v) is 10.5. The molecule has 11 rings (SSSR count). The molecule has 9 nitrogen and oxygen atoms in total. The minimum atomic E-state index is -1.66. The van der Waals surface area contributed by atoms with Gasteiger partial charge in [0.2, 0.25) is 0 Å². The summed E-state index contributed by atoms with van der Waals surface area (Å²) in [6, 6.07) is 32.5. The summed E-state index contributed by atoms with van der Waals surface area (Å²) in [5.41, 5.74) is 1.34. The Kier molecular flexibility index (Phi) is 9.09. The van der Waals surface area contributed by atoms with E-state index in [0.717, 1.165) is 41.0 Å². The highest BCUT2D eigenvalue weighted by molar-refractivity contribution is 14.1. The molecule has 0 spiro atoms. The van der Waals surface area contributed by atoms with Gasteiger partial charge < -0.3 is 28.1 Å². The molecular formula is C47H32F4IN3O6. The number of rotatable bonds is 10. The molecular weight excluding hydrogens is 905 g/mol. The van der Waals surface area contributed by atoms with Crippen LogP contribution in [-0.2, 0) is 44.5 Å². The summed E-state index contributed by atoms with van der Waals surface area (Å²) in [5.74, 6) is -6.28. The number of amides is 2. The number of ether oxygens (including phenoxy) is 4. The molecule has 1 saturated heterocycles. The molecule has 1 N–H and O–H groups in total. The van der Waals surface area contributed by atoms with E-state index in [9.17, 15) is 9.59 Å². The third-order valence-electron chi connectivity index (χ3n) is 12.0. The van der Waals surface area contributed by atoms with Gasteiger partial charge in [0.05, 0.1) is 57.4 Å². The van der Waals surface area contributed by atoms with E-state index in [1.54, 1.807) is 9.13 Å². The van der Waals surface area contributed by atoms with Crippen LogP contribution >= 0.6 is 22.6 Å². The number of aromatic nitrogens is 2. The lowest BCUT2D eigenvalue weighted by atomic mass is 9.92. The lowest BCUT2D eigenvalue weighted by Crippen LogP contribution is -2.65. The van der Waals surface area contributed by atoms with Crippen molar-refractivity contribution < 1.29 is 46.1 Å². The second-order valence-corrected chi connectivity index (χ2v) is 16.2. The van der Waals surface area contributed by atoms with Gasteiger partial charge in [0.15, 0.2) is 35.2 Å². The van der Waals surface area contributed by atoms with Crippen LogP contribution < -0.4 is 5.32 Å². The average molecular weight is 938 g/mol. The van der Waals surface area contributed by atoms with Gasteiger partial charge in [0.25, 0.3) is 11.8 Å². The molecule has 5 heterocycles. The zero-order chi connectivity index (χ0) is 41.7. The summed E-state index contributed by atoms with van der Waals surface area (Å²) < 4.78 is 94.5. The molecule has 306 valence electrons. The lowest BCUT2D eigenvalue weighted by molar-refractivity contribution is -0.334. The number of imide groups is 1. The molecule has 1 fully saturated rings. The number of halogens is 5. The zero-order valence-electron chi connectivity index (χ0n) is 31.8. The van der Waals surface area contributed by atoms with Gasteiger partial charge in [-0.2, -0.15) is 0 Å². The number of fused-ring (bicyclic) bond motifs is 15. The Hall–Kier alpha value is -5.65. The molecule has 2 bridgehead atoms. The van der Waals surface area contributed by atoms with Crippen LogP contribution in [0.3, 0.4) is 0 Å².